The highest BCUT2D eigenvalue weighted by atomic mass is 16.5. The van der Waals surface area contributed by atoms with Gasteiger partial charge in [0.15, 0.2) is 22.9 Å². The lowest BCUT2D eigenvalue weighted by Gasteiger charge is -2.19. The van der Waals surface area contributed by atoms with Crippen molar-refractivity contribution in [1.29, 1.82) is 0 Å². The van der Waals surface area contributed by atoms with Crippen molar-refractivity contribution in [1.82, 2.24) is 15.6 Å². The van der Waals surface area contributed by atoms with Crippen LogP contribution in [0.25, 0.3) is 22.6 Å². The second-order valence-electron chi connectivity index (χ2n) is 10.1. The molecule has 3 N–H and O–H groups in total. The fourth-order valence-electron chi connectivity index (χ4n) is 4.53. The molecule has 3 aromatic carbocycles. The van der Waals surface area contributed by atoms with Crippen LogP contribution in [0.2, 0.25) is 0 Å². The Bertz CT molecular complexity index is 1710. The summed E-state index contributed by atoms with van der Waals surface area (Å²) in [6, 6.07) is 24.7. The van der Waals surface area contributed by atoms with Gasteiger partial charge in [-0.15, -0.1) is 0 Å². The highest BCUT2D eigenvalue weighted by Crippen LogP contribution is 2.44. The van der Waals surface area contributed by atoms with E-state index in [9.17, 15) is 9.59 Å². The molecule has 0 aliphatic rings. The quantitative estimate of drug-likeness (QED) is 0.180. The highest BCUT2D eigenvalue weighted by Gasteiger charge is 2.30. The summed E-state index contributed by atoms with van der Waals surface area (Å²) in [7, 11) is 0. The molecule has 43 heavy (non-hydrogen) atoms. The molecular weight excluding hydrogens is 548 g/mol. The van der Waals surface area contributed by atoms with Gasteiger partial charge in [-0.1, -0.05) is 84.8 Å². The first kappa shape index (κ1) is 29.1. The number of carbonyl (C=O) groups is 2. The summed E-state index contributed by atoms with van der Waals surface area (Å²) < 4.78 is 24.0. The standard InChI is InChI=1S/C33H32N4O6/c1-4-35-33(39)30-29(28-16-25(32(34)38)36-42-28)31(43-37-30)24-15-23(20(2)3)26(40-18-21-11-7-5-8-12-21)17-27(24)41-19-22-13-9-6-10-14-22/h5-17,20H,4,18-19H2,1-3H3,(H2,34,38)(H,35,39). The number of hydrogen-bond donors (Lipinski definition) is 2. The average Bonchev–Trinajstić information content (AvgIpc) is 3.68. The van der Waals surface area contributed by atoms with Gasteiger partial charge in [0.1, 0.15) is 30.3 Å². The summed E-state index contributed by atoms with van der Waals surface area (Å²) in [5, 5.41) is 10.6. The molecule has 2 heterocycles. The second kappa shape index (κ2) is 13.1. The van der Waals surface area contributed by atoms with Crippen LogP contribution in [-0.2, 0) is 13.2 Å². The molecule has 5 rings (SSSR count). The first-order chi connectivity index (χ1) is 20.9. The van der Waals surface area contributed by atoms with Crippen molar-refractivity contribution >= 4 is 11.8 Å². The molecule has 10 heteroatoms. The Balaban J connectivity index is 1.66. The summed E-state index contributed by atoms with van der Waals surface area (Å²) in [6.07, 6.45) is 0. The summed E-state index contributed by atoms with van der Waals surface area (Å²) in [4.78, 5) is 24.8. The van der Waals surface area contributed by atoms with Crippen molar-refractivity contribution in [3.8, 4) is 34.1 Å². The summed E-state index contributed by atoms with van der Waals surface area (Å²) >= 11 is 0. The van der Waals surface area contributed by atoms with Crippen molar-refractivity contribution in [3.05, 3.63) is 107 Å². The summed E-state index contributed by atoms with van der Waals surface area (Å²) in [5.74, 6) is 0.166. The van der Waals surface area contributed by atoms with Gasteiger partial charge in [0.25, 0.3) is 11.8 Å². The van der Waals surface area contributed by atoms with Gasteiger partial charge in [0.2, 0.25) is 0 Å². The molecule has 5 aromatic rings. The van der Waals surface area contributed by atoms with E-state index in [1.807, 2.05) is 72.8 Å². The minimum absolute atomic E-state index is 0.0338. The fraction of sp³-hybridized carbons (Fsp3) is 0.212. The Morgan fingerprint density at radius 1 is 0.860 bits per heavy atom. The Hall–Kier alpha value is -5.38. The smallest absolute Gasteiger partial charge is 0.274 e. The summed E-state index contributed by atoms with van der Waals surface area (Å²) in [6.45, 7) is 6.87. The van der Waals surface area contributed by atoms with Crippen LogP contribution >= 0.6 is 0 Å². The zero-order chi connectivity index (χ0) is 30.3. The number of rotatable bonds is 12. The van der Waals surface area contributed by atoms with Crippen LogP contribution in [0.5, 0.6) is 11.5 Å². The van der Waals surface area contributed by atoms with Gasteiger partial charge in [0.05, 0.1) is 5.56 Å². The molecule has 2 aromatic heterocycles. The van der Waals surface area contributed by atoms with Crippen LogP contribution in [0.3, 0.4) is 0 Å². The third kappa shape index (κ3) is 6.59. The van der Waals surface area contributed by atoms with E-state index in [-0.39, 0.29) is 41.0 Å². The van der Waals surface area contributed by atoms with E-state index in [1.54, 1.807) is 6.92 Å². The average molecular weight is 581 g/mol. The van der Waals surface area contributed by atoms with Gasteiger partial charge < -0.3 is 29.6 Å². The number of ether oxygens (including phenoxy) is 2. The normalized spacial score (nSPS) is 11.0. The zero-order valence-corrected chi connectivity index (χ0v) is 24.1. The lowest BCUT2D eigenvalue weighted by atomic mass is 9.95. The van der Waals surface area contributed by atoms with Gasteiger partial charge in [-0.05, 0) is 35.6 Å². The second-order valence-corrected chi connectivity index (χ2v) is 10.1. The number of aromatic nitrogens is 2. The number of primary amides is 1. The lowest BCUT2D eigenvalue weighted by Crippen LogP contribution is -2.23. The number of nitrogens with zero attached hydrogens (tertiary/aromatic N) is 2. The third-order valence-corrected chi connectivity index (χ3v) is 6.71. The SMILES string of the molecule is CCNC(=O)c1noc(-c2cc(C(C)C)c(OCc3ccccc3)cc2OCc2ccccc2)c1-c1cc(C(N)=O)no1. The molecule has 0 spiro atoms. The first-order valence-electron chi connectivity index (χ1n) is 13.9. The van der Waals surface area contributed by atoms with Crippen LogP contribution < -0.4 is 20.5 Å². The predicted octanol–water partition coefficient (Wildman–Crippen LogP) is 6.13. The molecule has 0 aliphatic heterocycles. The van der Waals surface area contributed by atoms with Crippen LogP contribution in [0.4, 0.5) is 0 Å². The molecule has 10 nitrogen and oxygen atoms in total. The van der Waals surface area contributed by atoms with Crippen molar-refractivity contribution in [2.45, 2.75) is 39.9 Å². The van der Waals surface area contributed by atoms with Crippen LogP contribution in [-0.4, -0.2) is 28.7 Å². The first-order valence-corrected chi connectivity index (χ1v) is 13.9. The Labute approximate surface area is 248 Å². The Morgan fingerprint density at radius 3 is 2.05 bits per heavy atom. The van der Waals surface area contributed by atoms with Gasteiger partial charge >= 0.3 is 0 Å². The van der Waals surface area contributed by atoms with Gasteiger partial charge in [-0.25, -0.2) is 0 Å². The van der Waals surface area contributed by atoms with E-state index in [1.165, 1.54) is 6.07 Å². The van der Waals surface area contributed by atoms with Crippen LogP contribution in [0.15, 0.2) is 87.9 Å². The molecule has 2 amide bonds. The van der Waals surface area contributed by atoms with Gasteiger partial charge in [0, 0.05) is 18.7 Å². The van der Waals surface area contributed by atoms with E-state index in [0.717, 1.165) is 16.7 Å². The van der Waals surface area contributed by atoms with Crippen LogP contribution in [0, 0.1) is 0 Å². The minimum Gasteiger partial charge on any atom is -0.488 e. The lowest BCUT2D eigenvalue weighted by molar-refractivity contribution is 0.0945. The van der Waals surface area contributed by atoms with Gasteiger partial charge in [-0.3, -0.25) is 9.59 Å². The molecule has 0 bridgehead atoms. The molecule has 0 fully saturated rings. The van der Waals surface area contributed by atoms with Crippen molar-refractivity contribution in [2.24, 2.45) is 5.73 Å². The third-order valence-electron chi connectivity index (χ3n) is 6.71. The number of carbonyl (C=O) groups excluding carboxylic acids is 2. The minimum atomic E-state index is -0.776. The molecule has 0 radical (unpaired) electrons. The molecule has 0 unspecified atom stereocenters. The van der Waals surface area contributed by atoms with Crippen molar-refractivity contribution < 1.29 is 28.1 Å². The van der Waals surface area contributed by atoms with E-state index in [2.05, 4.69) is 29.5 Å². The Morgan fingerprint density at radius 2 is 1.49 bits per heavy atom. The fourth-order valence-corrected chi connectivity index (χ4v) is 4.53. The predicted molar refractivity (Wildman–Crippen MR) is 160 cm³/mol. The van der Waals surface area contributed by atoms with E-state index >= 15 is 0 Å². The molecule has 0 atom stereocenters. The maximum atomic E-state index is 13.0. The molecular formula is C33H32N4O6. The van der Waals surface area contributed by atoms with Crippen molar-refractivity contribution in [2.75, 3.05) is 6.54 Å². The monoisotopic (exact) mass is 580 g/mol. The zero-order valence-electron chi connectivity index (χ0n) is 24.1. The molecule has 0 aliphatic carbocycles. The maximum Gasteiger partial charge on any atom is 0.274 e. The maximum absolute atomic E-state index is 13.0. The summed E-state index contributed by atoms with van der Waals surface area (Å²) in [5.41, 5.74) is 8.87. The number of nitrogens with one attached hydrogen (secondary N) is 1. The van der Waals surface area contributed by atoms with E-state index in [0.29, 0.717) is 30.2 Å². The van der Waals surface area contributed by atoms with Gasteiger partial charge in [-0.2, -0.15) is 0 Å². The molecule has 0 saturated heterocycles. The topological polar surface area (TPSA) is 143 Å². The van der Waals surface area contributed by atoms with Crippen LogP contribution in [0.1, 0.15) is 64.4 Å². The highest BCUT2D eigenvalue weighted by molar-refractivity contribution is 6.02. The van der Waals surface area contributed by atoms with Crippen molar-refractivity contribution in [3.63, 3.8) is 0 Å². The number of hydrogen-bond acceptors (Lipinski definition) is 8. The Kier molecular flexibility index (Phi) is 8.85. The molecule has 220 valence electrons. The number of benzene rings is 3. The number of nitrogens with two attached hydrogens (primary N) is 1. The van der Waals surface area contributed by atoms with E-state index in [4.69, 9.17) is 24.3 Å². The van der Waals surface area contributed by atoms with E-state index < -0.39 is 11.8 Å². The molecule has 0 saturated carbocycles. The number of amides is 2. The largest absolute Gasteiger partial charge is 0.488 e.